The Morgan fingerprint density at radius 1 is 1.35 bits per heavy atom. The van der Waals surface area contributed by atoms with Crippen LogP contribution < -0.4 is 5.32 Å². The summed E-state index contributed by atoms with van der Waals surface area (Å²) in [6, 6.07) is 6.71. The molecule has 2 heterocycles. The van der Waals surface area contributed by atoms with Gasteiger partial charge in [-0.2, -0.15) is 0 Å². The summed E-state index contributed by atoms with van der Waals surface area (Å²) in [6.45, 7) is 4.30. The van der Waals surface area contributed by atoms with E-state index in [0.717, 1.165) is 30.6 Å². The molecule has 0 aliphatic carbocycles. The Hall–Kier alpha value is -1.55. The van der Waals surface area contributed by atoms with Crippen LogP contribution in [-0.4, -0.2) is 41.1 Å². The molecule has 4 nitrogen and oxygen atoms in total. The van der Waals surface area contributed by atoms with E-state index in [2.05, 4.69) is 10.2 Å². The lowest BCUT2D eigenvalue weighted by molar-refractivity contribution is 0.0697. The third kappa shape index (κ3) is 2.66. The Morgan fingerprint density at radius 2 is 2.20 bits per heavy atom. The molecule has 2 atom stereocenters. The first-order valence-corrected chi connectivity index (χ1v) is 7.48. The molecule has 1 aromatic carbocycles. The lowest BCUT2D eigenvalue weighted by Gasteiger charge is -2.35. The van der Waals surface area contributed by atoms with Crippen molar-refractivity contribution in [2.45, 2.75) is 44.7 Å². The first-order valence-electron chi connectivity index (χ1n) is 7.48. The van der Waals surface area contributed by atoms with Gasteiger partial charge in [-0.05, 0) is 51.3 Å². The Labute approximate surface area is 119 Å². The quantitative estimate of drug-likeness (QED) is 0.890. The second-order valence-corrected chi connectivity index (χ2v) is 6.05. The number of hydrogen-bond donors (Lipinski definition) is 2. The summed E-state index contributed by atoms with van der Waals surface area (Å²) >= 11 is 0. The van der Waals surface area contributed by atoms with Gasteiger partial charge in [0.15, 0.2) is 0 Å². The average molecular weight is 274 g/mol. The zero-order valence-electron chi connectivity index (χ0n) is 11.9. The fraction of sp³-hybridized carbons (Fsp3) is 0.562. The molecule has 108 valence electrons. The molecule has 2 N–H and O–H groups in total. The van der Waals surface area contributed by atoms with E-state index in [-0.39, 0.29) is 0 Å². The van der Waals surface area contributed by atoms with E-state index >= 15 is 0 Å². The minimum Gasteiger partial charge on any atom is -0.478 e. The summed E-state index contributed by atoms with van der Waals surface area (Å²) in [6.07, 6.45) is 4.83. The van der Waals surface area contributed by atoms with Crippen LogP contribution in [0, 0.1) is 6.92 Å². The van der Waals surface area contributed by atoms with E-state index in [1.54, 1.807) is 6.07 Å². The van der Waals surface area contributed by atoms with Gasteiger partial charge in [0, 0.05) is 24.3 Å². The summed E-state index contributed by atoms with van der Waals surface area (Å²) in [5, 5.41) is 12.8. The van der Waals surface area contributed by atoms with Gasteiger partial charge in [0.05, 0.1) is 5.56 Å². The van der Waals surface area contributed by atoms with Crippen LogP contribution >= 0.6 is 0 Å². The minimum atomic E-state index is -0.852. The Balaban J connectivity index is 1.73. The highest BCUT2D eigenvalue weighted by molar-refractivity contribution is 5.94. The molecule has 2 aliphatic heterocycles. The van der Waals surface area contributed by atoms with Crippen molar-refractivity contribution in [2.24, 2.45) is 0 Å². The predicted octanol–water partition coefficient (Wildman–Crippen LogP) is 2.73. The SMILES string of the molecule is Cc1ccc(NC2CCN3CCCC3C2)c(C(=O)O)c1. The number of carbonyl (C=O) groups is 1. The minimum absolute atomic E-state index is 0.388. The van der Waals surface area contributed by atoms with Gasteiger partial charge in [-0.3, -0.25) is 0 Å². The molecule has 3 rings (SSSR count). The number of fused-ring (bicyclic) bond motifs is 1. The molecule has 2 fully saturated rings. The van der Waals surface area contributed by atoms with Gasteiger partial charge in [0.1, 0.15) is 0 Å². The number of benzene rings is 1. The molecule has 0 amide bonds. The van der Waals surface area contributed by atoms with E-state index < -0.39 is 5.97 Å². The first-order chi connectivity index (χ1) is 9.63. The second-order valence-electron chi connectivity index (χ2n) is 6.05. The van der Waals surface area contributed by atoms with Crippen LogP contribution in [0.25, 0.3) is 0 Å². The number of anilines is 1. The molecular weight excluding hydrogens is 252 g/mol. The first kappa shape index (κ1) is 13.4. The number of nitrogens with one attached hydrogen (secondary N) is 1. The third-order valence-electron chi connectivity index (χ3n) is 4.59. The molecule has 2 saturated heterocycles. The molecule has 0 saturated carbocycles. The van der Waals surface area contributed by atoms with Gasteiger partial charge in [-0.25, -0.2) is 4.79 Å². The molecule has 0 spiro atoms. The van der Waals surface area contributed by atoms with Crippen LogP contribution in [0.5, 0.6) is 0 Å². The van der Waals surface area contributed by atoms with E-state index in [1.165, 1.54) is 19.4 Å². The second kappa shape index (κ2) is 5.44. The lowest BCUT2D eigenvalue weighted by Crippen LogP contribution is -2.42. The third-order valence-corrected chi connectivity index (χ3v) is 4.59. The number of aromatic carboxylic acids is 1. The van der Waals surface area contributed by atoms with Crippen molar-refractivity contribution in [3.05, 3.63) is 29.3 Å². The highest BCUT2D eigenvalue weighted by atomic mass is 16.4. The van der Waals surface area contributed by atoms with Gasteiger partial charge in [0.25, 0.3) is 0 Å². The standard InChI is InChI=1S/C16H22N2O2/c1-11-4-5-15(14(9-11)16(19)20)17-12-6-8-18-7-2-3-13(18)10-12/h4-5,9,12-13,17H,2-3,6-8,10H2,1H3,(H,19,20). The Bertz CT molecular complexity index is 515. The number of aryl methyl sites for hydroxylation is 1. The topological polar surface area (TPSA) is 52.6 Å². The van der Waals surface area contributed by atoms with Crippen molar-refractivity contribution in [3.63, 3.8) is 0 Å². The largest absolute Gasteiger partial charge is 0.478 e. The maximum atomic E-state index is 11.3. The van der Waals surface area contributed by atoms with E-state index in [4.69, 9.17) is 0 Å². The van der Waals surface area contributed by atoms with Gasteiger partial charge in [-0.15, -0.1) is 0 Å². The van der Waals surface area contributed by atoms with Gasteiger partial charge in [0.2, 0.25) is 0 Å². The van der Waals surface area contributed by atoms with Crippen molar-refractivity contribution in [3.8, 4) is 0 Å². The van der Waals surface area contributed by atoms with E-state index in [0.29, 0.717) is 17.6 Å². The van der Waals surface area contributed by atoms with Gasteiger partial charge < -0.3 is 15.3 Å². The highest BCUT2D eigenvalue weighted by Gasteiger charge is 2.31. The number of hydrogen-bond acceptors (Lipinski definition) is 3. The number of piperidine rings is 1. The molecule has 4 heteroatoms. The van der Waals surface area contributed by atoms with Crippen LogP contribution in [0.4, 0.5) is 5.69 Å². The normalized spacial score (nSPS) is 26.2. The maximum absolute atomic E-state index is 11.3. The van der Waals surface area contributed by atoms with Crippen molar-refractivity contribution in [1.29, 1.82) is 0 Å². The monoisotopic (exact) mass is 274 g/mol. The fourth-order valence-corrected chi connectivity index (χ4v) is 3.54. The van der Waals surface area contributed by atoms with Gasteiger partial charge in [-0.1, -0.05) is 11.6 Å². The zero-order valence-corrected chi connectivity index (χ0v) is 11.9. The lowest BCUT2D eigenvalue weighted by atomic mass is 9.97. The van der Waals surface area contributed by atoms with E-state index in [1.807, 2.05) is 19.1 Å². The van der Waals surface area contributed by atoms with Crippen LogP contribution in [-0.2, 0) is 0 Å². The molecule has 1 aromatic rings. The number of rotatable bonds is 3. The number of carboxylic acids is 1. The fourth-order valence-electron chi connectivity index (χ4n) is 3.54. The average Bonchev–Trinajstić information content (AvgIpc) is 2.88. The van der Waals surface area contributed by atoms with Gasteiger partial charge >= 0.3 is 5.97 Å². The van der Waals surface area contributed by atoms with Crippen molar-refractivity contribution < 1.29 is 9.90 Å². The molecule has 0 aromatic heterocycles. The Morgan fingerprint density at radius 3 is 3.00 bits per heavy atom. The summed E-state index contributed by atoms with van der Waals surface area (Å²) in [4.78, 5) is 13.9. The van der Waals surface area contributed by atoms with Crippen LogP contribution in [0.15, 0.2) is 18.2 Å². The van der Waals surface area contributed by atoms with E-state index in [9.17, 15) is 9.90 Å². The summed E-state index contributed by atoms with van der Waals surface area (Å²) in [7, 11) is 0. The molecule has 0 radical (unpaired) electrons. The van der Waals surface area contributed by atoms with Crippen molar-refractivity contribution >= 4 is 11.7 Å². The summed E-state index contributed by atoms with van der Waals surface area (Å²) in [5.41, 5.74) is 2.14. The molecule has 0 bridgehead atoms. The highest BCUT2D eigenvalue weighted by Crippen LogP contribution is 2.29. The smallest absolute Gasteiger partial charge is 0.337 e. The van der Waals surface area contributed by atoms with Crippen LogP contribution in [0.3, 0.4) is 0 Å². The molecule has 2 unspecified atom stereocenters. The zero-order chi connectivity index (χ0) is 14.1. The maximum Gasteiger partial charge on any atom is 0.337 e. The summed E-state index contributed by atoms with van der Waals surface area (Å²) in [5.74, 6) is -0.852. The van der Waals surface area contributed by atoms with Crippen molar-refractivity contribution in [1.82, 2.24) is 4.90 Å². The number of carboxylic acid groups (broad SMARTS) is 1. The number of nitrogens with zero attached hydrogens (tertiary/aromatic N) is 1. The molecule has 20 heavy (non-hydrogen) atoms. The molecular formula is C16H22N2O2. The predicted molar refractivity (Wildman–Crippen MR) is 79.4 cm³/mol. The van der Waals surface area contributed by atoms with Crippen molar-refractivity contribution in [2.75, 3.05) is 18.4 Å². The van der Waals surface area contributed by atoms with Crippen LogP contribution in [0.1, 0.15) is 41.6 Å². The Kier molecular flexibility index (Phi) is 3.66. The summed E-state index contributed by atoms with van der Waals surface area (Å²) < 4.78 is 0. The van der Waals surface area contributed by atoms with Crippen LogP contribution in [0.2, 0.25) is 0 Å². The molecule has 2 aliphatic rings.